The van der Waals surface area contributed by atoms with Crippen LogP contribution in [-0.2, 0) is 65.4 Å². The Morgan fingerprint density at radius 3 is 0.670 bits per heavy atom. The zero-order valence-electron chi connectivity index (χ0n) is 69.6. The van der Waals surface area contributed by atoms with E-state index in [1.165, 1.54) is 295 Å². The first-order valence-corrected chi connectivity index (χ1v) is 48.2. The summed E-state index contributed by atoms with van der Waals surface area (Å²) in [5, 5.41) is 10.7. The van der Waals surface area contributed by atoms with E-state index in [1.807, 2.05) is 0 Å². The molecule has 17 nitrogen and oxygen atoms in total. The second-order valence-corrected chi connectivity index (χ2v) is 34.4. The molecule has 0 aromatic rings. The fourth-order valence-electron chi connectivity index (χ4n) is 13.6. The van der Waals surface area contributed by atoms with Gasteiger partial charge in [0.25, 0.3) is 0 Å². The normalized spacial score (nSPS) is 14.0. The zero-order chi connectivity index (χ0) is 77.6. The van der Waals surface area contributed by atoms with E-state index in [4.69, 9.17) is 37.0 Å². The number of rotatable bonds is 87. The molecule has 0 saturated carbocycles. The number of hydrogen-bond donors (Lipinski definition) is 3. The molecule has 3 N–H and O–H groups in total. The van der Waals surface area contributed by atoms with Gasteiger partial charge in [-0.05, 0) is 31.6 Å². The van der Waals surface area contributed by atoms with Crippen molar-refractivity contribution >= 4 is 39.5 Å². The topological polar surface area (TPSA) is 237 Å². The first-order valence-electron chi connectivity index (χ1n) is 45.2. The SMILES string of the molecule is CCCCCCCCCCCCCCCCCCCCCCC(=O)O[C@H](COC(=O)CCCCCCCCCCCCCCCCCCCC)COP(=O)(O)OC[C@@H](O)COP(=O)(O)OC[C@@H](COC(=O)CCCCCCCCCCC(C)CC)OC(=O)CCCCCCCCCCCCCCCCCC. The van der Waals surface area contributed by atoms with Crippen molar-refractivity contribution in [3.8, 4) is 0 Å². The molecular formula is C87H170O17P2. The molecule has 0 rings (SSSR count). The number of hydrogen-bond acceptors (Lipinski definition) is 15. The fourth-order valence-corrected chi connectivity index (χ4v) is 15.2. The maximum Gasteiger partial charge on any atom is 0.472 e. The maximum absolute atomic E-state index is 13.2. The number of aliphatic hydroxyl groups is 1. The van der Waals surface area contributed by atoms with Gasteiger partial charge in [0.2, 0.25) is 0 Å². The predicted octanol–water partition coefficient (Wildman–Crippen LogP) is 26.8. The minimum absolute atomic E-state index is 0.108. The largest absolute Gasteiger partial charge is 0.472 e. The Balaban J connectivity index is 5.25. The molecule has 0 heterocycles. The summed E-state index contributed by atoms with van der Waals surface area (Å²) in [5.41, 5.74) is 0. The van der Waals surface area contributed by atoms with Gasteiger partial charge in [-0.1, -0.05) is 420 Å². The standard InChI is InChI=1S/C87H170O17P2/c1-6-10-13-16-19-22-25-28-31-34-36-37-39-42-45-48-51-58-63-68-73-86(91)103-82(76-97-84(89)70-65-60-55-49-46-43-41-38-35-32-29-26-23-20-17-14-11-7-2)78-101-105(93,94)99-74-81(88)75-100-106(95,96)102-79-83(77-98-85(90)71-66-61-56-53-52-54-59-64-69-80(5)9-4)104-87(92)72-67-62-57-50-47-44-40-33-30-27-24-21-18-15-12-8-3/h80-83,88H,6-79H2,1-5H3,(H,93,94)(H,95,96)/t80?,81-,82-,83-/m1/s1. The fraction of sp³-hybridized carbons (Fsp3) is 0.954. The van der Waals surface area contributed by atoms with Gasteiger partial charge in [0.05, 0.1) is 26.4 Å². The Morgan fingerprint density at radius 1 is 0.264 bits per heavy atom. The van der Waals surface area contributed by atoms with E-state index in [9.17, 15) is 43.2 Å². The number of unbranched alkanes of at least 4 members (excludes halogenated alkanes) is 58. The van der Waals surface area contributed by atoms with Gasteiger partial charge in [-0.2, -0.15) is 0 Å². The average Bonchev–Trinajstić information content (AvgIpc) is 0.915. The molecule has 0 radical (unpaired) electrons. The summed E-state index contributed by atoms with van der Waals surface area (Å²) in [6.45, 7) is 7.38. The quantitative estimate of drug-likeness (QED) is 0.0222. The van der Waals surface area contributed by atoms with Crippen LogP contribution in [0.4, 0.5) is 0 Å². The first kappa shape index (κ1) is 104. The minimum atomic E-state index is -4.97. The molecule has 630 valence electrons. The number of esters is 4. The molecule has 0 aromatic carbocycles. The first-order chi connectivity index (χ1) is 51.6. The minimum Gasteiger partial charge on any atom is -0.462 e. The van der Waals surface area contributed by atoms with Gasteiger partial charge in [0.15, 0.2) is 12.2 Å². The number of ether oxygens (including phenoxy) is 4. The van der Waals surface area contributed by atoms with Crippen LogP contribution in [0, 0.1) is 5.92 Å². The van der Waals surface area contributed by atoms with Gasteiger partial charge in [-0.25, -0.2) is 9.13 Å². The van der Waals surface area contributed by atoms with Crippen molar-refractivity contribution in [1.82, 2.24) is 0 Å². The number of phosphoric acid groups is 2. The van der Waals surface area contributed by atoms with Crippen molar-refractivity contribution in [2.75, 3.05) is 39.6 Å². The van der Waals surface area contributed by atoms with Crippen molar-refractivity contribution in [3.63, 3.8) is 0 Å². The van der Waals surface area contributed by atoms with Gasteiger partial charge in [0, 0.05) is 25.7 Å². The Kier molecular flexibility index (Phi) is 78.2. The molecule has 0 aromatic heterocycles. The van der Waals surface area contributed by atoms with Gasteiger partial charge in [0.1, 0.15) is 19.3 Å². The lowest BCUT2D eigenvalue weighted by molar-refractivity contribution is -0.161. The average molecular weight is 1550 g/mol. The van der Waals surface area contributed by atoms with E-state index in [-0.39, 0.29) is 25.7 Å². The molecule has 0 aliphatic heterocycles. The number of carbonyl (C=O) groups is 4. The molecule has 106 heavy (non-hydrogen) atoms. The highest BCUT2D eigenvalue weighted by Gasteiger charge is 2.30. The van der Waals surface area contributed by atoms with Crippen LogP contribution in [0.3, 0.4) is 0 Å². The Labute approximate surface area is 651 Å². The van der Waals surface area contributed by atoms with Gasteiger partial charge in [-0.3, -0.25) is 37.3 Å². The smallest absolute Gasteiger partial charge is 0.462 e. The molecule has 0 saturated heterocycles. The molecular weight excluding hydrogens is 1380 g/mol. The van der Waals surface area contributed by atoms with Crippen molar-refractivity contribution < 1.29 is 80.2 Å². The Bertz CT molecular complexity index is 2020. The van der Waals surface area contributed by atoms with Crippen LogP contribution in [0.2, 0.25) is 0 Å². The van der Waals surface area contributed by atoms with E-state index in [0.717, 1.165) is 95.8 Å². The van der Waals surface area contributed by atoms with Crippen LogP contribution < -0.4 is 0 Å². The van der Waals surface area contributed by atoms with Crippen molar-refractivity contribution in [1.29, 1.82) is 0 Å². The van der Waals surface area contributed by atoms with E-state index in [1.54, 1.807) is 0 Å². The lowest BCUT2D eigenvalue weighted by Crippen LogP contribution is -2.30. The number of phosphoric ester groups is 2. The highest BCUT2D eigenvalue weighted by molar-refractivity contribution is 7.47. The molecule has 0 aliphatic rings. The molecule has 0 aliphatic carbocycles. The summed E-state index contributed by atoms with van der Waals surface area (Å²) in [4.78, 5) is 73.3. The second-order valence-electron chi connectivity index (χ2n) is 31.5. The van der Waals surface area contributed by atoms with E-state index in [2.05, 4.69) is 34.6 Å². The van der Waals surface area contributed by atoms with E-state index < -0.39 is 97.5 Å². The van der Waals surface area contributed by atoms with Crippen molar-refractivity contribution in [2.24, 2.45) is 5.92 Å². The third kappa shape index (κ3) is 78.7. The van der Waals surface area contributed by atoms with Gasteiger partial charge < -0.3 is 33.8 Å². The van der Waals surface area contributed by atoms with Crippen molar-refractivity contribution in [3.05, 3.63) is 0 Å². The molecule has 19 heteroatoms. The number of aliphatic hydroxyl groups excluding tert-OH is 1. The number of carbonyl (C=O) groups excluding carboxylic acids is 4. The van der Waals surface area contributed by atoms with Gasteiger partial charge >= 0.3 is 39.5 Å². The maximum atomic E-state index is 13.2. The highest BCUT2D eigenvalue weighted by atomic mass is 31.2. The third-order valence-corrected chi connectivity index (χ3v) is 22.8. The monoisotopic (exact) mass is 1550 g/mol. The molecule has 0 amide bonds. The van der Waals surface area contributed by atoms with Crippen LogP contribution in [0.25, 0.3) is 0 Å². The predicted molar refractivity (Wildman–Crippen MR) is 437 cm³/mol. The summed E-state index contributed by atoms with van der Waals surface area (Å²) >= 11 is 0. The van der Waals surface area contributed by atoms with Gasteiger partial charge in [-0.15, -0.1) is 0 Å². The lowest BCUT2D eigenvalue weighted by atomic mass is 9.99. The highest BCUT2D eigenvalue weighted by Crippen LogP contribution is 2.45. The summed E-state index contributed by atoms with van der Waals surface area (Å²) in [7, 11) is -9.93. The van der Waals surface area contributed by atoms with Crippen LogP contribution >= 0.6 is 15.6 Å². The summed E-state index contributed by atoms with van der Waals surface area (Å²) in [5.74, 6) is -1.32. The summed E-state index contributed by atoms with van der Waals surface area (Å²) < 4.78 is 69.0. The summed E-state index contributed by atoms with van der Waals surface area (Å²) in [6.07, 6.45) is 73.5. The Hall–Kier alpha value is -1.94. The van der Waals surface area contributed by atoms with Crippen LogP contribution in [0.1, 0.15) is 471 Å². The molecule has 6 atom stereocenters. The van der Waals surface area contributed by atoms with Crippen LogP contribution in [0.5, 0.6) is 0 Å². The molecule has 0 fully saturated rings. The third-order valence-electron chi connectivity index (χ3n) is 20.9. The second kappa shape index (κ2) is 79.7. The molecule has 0 bridgehead atoms. The van der Waals surface area contributed by atoms with E-state index >= 15 is 0 Å². The zero-order valence-corrected chi connectivity index (χ0v) is 71.4. The molecule has 3 unspecified atom stereocenters. The summed E-state index contributed by atoms with van der Waals surface area (Å²) in [6, 6.07) is 0. The van der Waals surface area contributed by atoms with E-state index in [0.29, 0.717) is 25.7 Å². The van der Waals surface area contributed by atoms with Crippen molar-refractivity contribution in [2.45, 2.75) is 490 Å². The molecule has 0 spiro atoms. The Morgan fingerprint density at radius 2 is 0.453 bits per heavy atom. The lowest BCUT2D eigenvalue weighted by Gasteiger charge is -2.21. The van der Waals surface area contributed by atoms with Crippen LogP contribution in [-0.4, -0.2) is 96.7 Å². The van der Waals surface area contributed by atoms with Crippen LogP contribution in [0.15, 0.2) is 0 Å².